The molecule has 2 atom stereocenters. The lowest BCUT2D eigenvalue weighted by molar-refractivity contribution is -0.0545. The second kappa shape index (κ2) is 6.50. The van der Waals surface area contributed by atoms with Crippen molar-refractivity contribution >= 4 is 17.4 Å². The van der Waals surface area contributed by atoms with Crippen molar-refractivity contribution in [3.63, 3.8) is 0 Å². The highest BCUT2D eigenvalue weighted by molar-refractivity contribution is 7.13. The maximum Gasteiger partial charge on any atom is 0.317 e. The first-order chi connectivity index (χ1) is 10.6. The predicted octanol–water partition coefficient (Wildman–Crippen LogP) is 2.72. The van der Waals surface area contributed by atoms with Crippen LogP contribution >= 0.6 is 11.3 Å². The lowest BCUT2D eigenvalue weighted by atomic mass is 10.2. The van der Waals surface area contributed by atoms with Crippen LogP contribution in [0, 0.1) is 0 Å². The van der Waals surface area contributed by atoms with Gasteiger partial charge in [0.25, 0.3) is 0 Å². The molecule has 2 aromatic heterocycles. The van der Waals surface area contributed by atoms with Crippen LogP contribution in [-0.2, 0) is 11.3 Å². The number of hydrogen-bond donors (Lipinski definition) is 1. The van der Waals surface area contributed by atoms with Gasteiger partial charge in [0.1, 0.15) is 6.26 Å². The molecule has 2 aromatic rings. The summed E-state index contributed by atoms with van der Waals surface area (Å²) in [4.78, 5) is 19.3. The molecule has 22 heavy (non-hydrogen) atoms. The molecule has 3 heterocycles. The van der Waals surface area contributed by atoms with E-state index in [1.807, 2.05) is 31.4 Å². The van der Waals surface area contributed by atoms with Crippen LogP contribution in [0.3, 0.4) is 0 Å². The Morgan fingerprint density at radius 2 is 2.23 bits per heavy atom. The molecule has 1 aliphatic rings. The van der Waals surface area contributed by atoms with E-state index in [9.17, 15) is 4.79 Å². The number of urea groups is 1. The number of thiophene rings is 1. The standard InChI is InChI=1S/C15H19N3O3S/c1-10-7-18(8-11(2)21-10)15(19)16-6-12-9-20-14(17-12)13-4-3-5-22-13/h3-5,9-11H,6-8H2,1-2H3,(H,16,19)/t10-,11-/m1/s1. The van der Waals surface area contributed by atoms with Crippen molar-refractivity contribution < 1.29 is 13.9 Å². The van der Waals surface area contributed by atoms with Crippen LogP contribution in [0.2, 0.25) is 0 Å². The average Bonchev–Trinajstić information content (AvgIpc) is 3.14. The number of aromatic nitrogens is 1. The Balaban J connectivity index is 1.55. The predicted molar refractivity (Wildman–Crippen MR) is 83.6 cm³/mol. The first-order valence-electron chi connectivity index (χ1n) is 7.28. The Morgan fingerprint density at radius 1 is 1.45 bits per heavy atom. The van der Waals surface area contributed by atoms with Crippen molar-refractivity contribution in [3.05, 3.63) is 29.5 Å². The third-order valence-corrected chi connectivity index (χ3v) is 4.27. The van der Waals surface area contributed by atoms with Gasteiger partial charge in [-0.2, -0.15) is 0 Å². The summed E-state index contributed by atoms with van der Waals surface area (Å²) in [6.07, 6.45) is 1.71. The third kappa shape index (κ3) is 3.48. The Hall–Kier alpha value is -1.86. The molecule has 0 spiro atoms. The van der Waals surface area contributed by atoms with Crippen LogP contribution in [-0.4, -0.2) is 41.2 Å². The van der Waals surface area contributed by atoms with Gasteiger partial charge in [0.2, 0.25) is 5.89 Å². The number of nitrogens with zero attached hydrogens (tertiary/aromatic N) is 2. The minimum absolute atomic E-state index is 0.0620. The molecule has 118 valence electrons. The van der Waals surface area contributed by atoms with Crippen molar-refractivity contribution in [2.75, 3.05) is 13.1 Å². The van der Waals surface area contributed by atoms with Gasteiger partial charge in [-0.25, -0.2) is 9.78 Å². The van der Waals surface area contributed by atoms with Crippen LogP contribution in [0.1, 0.15) is 19.5 Å². The van der Waals surface area contributed by atoms with Crippen LogP contribution in [0.15, 0.2) is 28.2 Å². The van der Waals surface area contributed by atoms with E-state index in [2.05, 4.69) is 10.3 Å². The van der Waals surface area contributed by atoms with E-state index in [-0.39, 0.29) is 18.2 Å². The van der Waals surface area contributed by atoms with Crippen LogP contribution in [0.5, 0.6) is 0 Å². The monoisotopic (exact) mass is 321 g/mol. The lowest BCUT2D eigenvalue weighted by Crippen LogP contribution is -2.51. The number of nitrogens with one attached hydrogen (secondary N) is 1. The van der Waals surface area contributed by atoms with Gasteiger partial charge in [0.05, 0.1) is 29.3 Å². The summed E-state index contributed by atoms with van der Waals surface area (Å²) in [7, 11) is 0. The van der Waals surface area contributed by atoms with Gasteiger partial charge in [-0.3, -0.25) is 0 Å². The summed E-state index contributed by atoms with van der Waals surface area (Å²) in [6, 6.07) is 3.81. The molecule has 1 saturated heterocycles. The second-order valence-electron chi connectivity index (χ2n) is 5.44. The molecule has 2 amide bonds. The number of carbonyl (C=O) groups excluding carboxylic acids is 1. The largest absolute Gasteiger partial charge is 0.443 e. The molecule has 6 nitrogen and oxygen atoms in total. The lowest BCUT2D eigenvalue weighted by Gasteiger charge is -2.35. The van der Waals surface area contributed by atoms with Crippen LogP contribution < -0.4 is 5.32 Å². The zero-order valence-corrected chi connectivity index (χ0v) is 13.4. The Kier molecular flexibility index (Phi) is 4.44. The van der Waals surface area contributed by atoms with Gasteiger partial charge in [-0.1, -0.05) is 6.07 Å². The fourth-order valence-corrected chi connectivity index (χ4v) is 3.18. The number of ether oxygens (including phenoxy) is 1. The Labute approximate surface area is 133 Å². The van der Waals surface area contributed by atoms with Gasteiger partial charge in [0.15, 0.2) is 0 Å². The molecule has 7 heteroatoms. The Morgan fingerprint density at radius 3 is 2.91 bits per heavy atom. The third-order valence-electron chi connectivity index (χ3n) is 3.41. The van der Waals surface area contributed by atoms with Crippen LogP contribution in [0.25, 0.3) is 10.8 Å². The molecule has 1 N–H and O–H groups in total. The topological polar surface area (TPSA) is 67.6 Å². The smallest absolute Gasteiger partial charge is 0.317 e. The van der Waals surface area contributed by atoms with Crippen molar-refractivity contribution in [1.29, 1.82) is 0 Å². The van der Waals surface area contributed by atoms with Crippen molar-refractivity contribution in [3.8, 4) is 10.8 Å². The molecule has 0 saturated carbocycles. The van der Waals surface area contributed by atoms with E-state index in [4.69, 9.17) is 9.15 Å². The van der Waals surface area contributed by atoms with E-state index >= 15 is 0 Å². The second-order valence-corrected chi connectivity index (χ2v) is 6.39. The van der Waals surface area contributed by atoms with Crippen LogP contribution in [0.4, 0.5) is 4.79 Å². The van der Waals surface area contributed by atoms with E-state index in [1.54, 1.807) is 22.5 Å². The summed E-state index contributed by atoms with van der Waals surface area (Å²) in [6.45, 7) is 5.51. The normalized spacial score (nSPS) is 21.8. The minimum atomic E-state index is -0.0947. The van der Waals surface area contributed by atoms with Gasteiger partial charge in [-0.05, 0) is 25.3 Å². The molecule has 0 bridgehead atoms. The zero-order valence-electron chi connectivity index (χ0n) is 12.6. The summed E-state index contributed by atoms with van der Waals surface area (Å²) in [5, 5.41) is 4.85. The number of amides is 2. The van der Waals surface area contributed by atoms with Crippen molar-refractivity contribution in [2.45, 2.75) is 32.6 Å². The highest BCUT2D eigenvalue weighted by Crippen LogP contribution is 2.23. The average molecular weight is 321 g/mol. The number of oxazole rings is 1. The molecule has 0 radical (unpaired) electrons. The quantitative estimate of drug-likeness (QED) is 0.944. The fourth-order valence-electron chi connectivity index (χ4n) is 2.52. The molecule has 0 aliphatic carbocycles. The molecule has 0 unspecified atom stereocenters. The molecule has 1 fully saturated rings. The SMILES string of the molecule is C[C@@H]1CN(C(=O)NCc2coc(-c3cccs3)n2)C[C@@H](C)O1. The van der Waals surface area contributed by atoms with E-state index < -0.39 is 0 Å². The summed E-state index contributed by atoms with van der Waals surface area (Å²) < 4.78 is 11.1. The summed E-state index contributed by atoms with van der Waals surface area (Å²) in [5.41, 5.74) is 0.714. The Bertz CT molecular complexity index is 616. The molecular formula is C15H19N3O3S. The zero-order chi connectivity index (χ0) is 15.5. The number of hydrogen-bond acceptors (Lipinski definition) is 5. The highest BCUT2D eigenvalue weighted by atomic mass is 32.1. The first-order valence-corrected chi connectivity index (χ1v) is 8.16. The summed E-state index contributed by atoms with van der Waals surface area (Å²) in [5.74, 6) is 0.591. The van der Waals surface area contributed by atoms with E-state index in [1.165, 1.54) is 0 Å². The molecule has 3 rings (SSSR count). The summed E-state index contributed by atoms with van der Waals surface area (Å²) >= 11 is 1.57. The molecule has 0 aromatic carbocycles. The maximum absolute atomic E-state index is 12.2. The van der Waals surface area contributed by atoms with Gasteiger partial charge in [-0.15, -0.1) is 11.3 Å². The highest BCUT2D eigenvalue weighted by Gasteiger charge is 2.25. The maximum atomic E-state index is 12.2. The van der Waals surface area contributed by atoms with Crippen molar-refractivity contribution in [1.82, 2.24) is 15.2 Å². The van der Waals surface area contributed by atoms with E-state index in [0.717, 1.165) is 4.88 Å². The first kappa shape index (κ1) is 15.1. The van der Waals surface area contributed by atoms with Gasteiger partial charge < -0.3 is 19.4 Å². The van der Waals surface area contributed by atoms with E-state index in [0.29, 0.717) is 31.2 Å². The molecular weight excluding hydrogens is 302 g/mol. The molecule has 1 aliphatic heterocycles. The van der Waals surface area contributed by atoms with Gasteiger partial charge >= 0.3 is 6.03 Å². The van der Waals surface area contributed by atoms with Crippen molar-refractivity contribution in [2.24, 2.45) is 0 Å². The number of carbonyl (C=O) groups is 1. The fraction of sp³-hybridized carbons (Fsp3) is 0.467. The number of morpholine rings is 1. The van der Waals surface area contributed by atoms with Gasteiger partial charge in [0, 0.05) is 13.1 Å². The minimum Gasteiger partial charge on any atom is -0.443 e. The number of rotatable bonds is 3.